The first-order chi connectivity index (χ1) is 9.94. The lowest BCUT2D eigenvalue weighted by Crippen LogP contribution is -2.43. The lowest BCUT2D eigenvalue weighted by atomic mass is 9.78. The Balaban J connectivity index is 2.05. The molecule has 0 aromatic carbocycles. The highest BCUT2D eigenvalue weighted by molar-refractivity contribution is 7.89. The summed E-state index contributed by atoms with van der Waals surface area (Å²) in [6.07, 6.45) is 4.79. The molecule has 0 aliphatic heterocycles. The Kier molecular flexibility index (Phi) is 5.46. The SMILES string of the molecule is CCNCc1cc(S(=O)(=O)NC2CCCC(C)C2C)c[nH]1. The summed E-state index contributed by atoms with van der Waals surface area (Å²) in [5.74, 6) is 0.954. The van der Waals surface area contributed by atoms with Crippen LogP contribution in [-0.4, -0.2) is 26.0 Å². The predicted molar refractivity (Wildman–Crippen MR) is 84.5 cm³/mol. The molecule has 0 bridgehead atoms. The number of aromatic amines is 1. The molecule has 120 valence electrons. The maximum absolute atomic E-state index is 12.5. The smallest absolute Gasteiger partial charge is 0.242 e. The van der Waals surface area contributed by atoms with Crippen LogP contribution in [0, 0.1) is 11.8 Å². The van der Waals surface area contributed by atoms with Crippen LogP contribution in [0.1, 0.15) is 45.7 Å². The van der Waals surface area contributed by atoms with Crippen LogP contribution in [0.15, 0.2) is 17.2 Å². The van der Waals surface area contributed by atoms with Gasteiger partial charge in [-0.25, -0.2) is 13.1 Å². The standard InChI is InChI=1S/C15H27N3O2S/c1-4-16-9-13-8-14(10-17-13)21(19,20)18-15-7-5-6-11(2)12(15)3/h8,10-12,15-18H,4-7,9H2,1-3H3. The van der Waals surface area contributed by atoms with Gasteiger partial charge in [-0.2, -0.15) is 0 Å². The van der Waals surface area contributed by atoms with Crippen LogP contribution in [0.25, 0.3) is 0 Å². The van der Waals surface area contributed by atoms with E-state index in [2.05, 4.69) is 28.9 Å². The third-order valence-electron chi connectivity index (χ3n) is 4.61. The van der Waals surface area contributed by atoms with Crippen molar-refractivity contribution in [1.82, 2.24) is 15.0 Å². The summed E-state index contributed by atoms with van der Waals surface area (Å²) < 4.78 is 27.9. The topological polar surface area (TPSA) is 74.0 Å². The maximum Gasteiger partial charge on any atom is 0.242 e. The minimum absolute atomic E-state index is 0.0471. The molecule has 1 aliphatic carbocycles. The molecule has 3 N–H and O–H groups in total. The van der Waals surface area contributed by atoms with E-state index in [0.717, 1.165) is 25.1 Å². The number of nitrogens with one attached hydrogen (secondary N) is 3. The van der Waals surface area contributed by atoms with Crippen molar-refractivity contribution in [3.8, 4) is 0 Å². The molecule has 21 heavy (non-hydrogen) atoms. The first-order valence-electron chi connectivity index (χ1n) is 7.84. The zero-order valence-corrected chi connectivity index (χ0v) is 14.0. The van der Waals surface area contributed by atoms with Crippen LogP contribution in [0.5, 0.6) is 0 Å². The minimum Gasteiger partial charge on any atom is -0.363 e. The average molecular weight is 313 g/mol. The lowest BCUT2D eigenvalue weighted by Gasteiger charge is -2.34. The minimum atomic E-state index is -3.43. The second-order valence-corrected chi connectivity index (χ2v) is 7.85. The second-order valence-electron chi connectivity index (χ2n) is 6.14. The van der Waals surface area contributed by atoms with Gasteiger partial charge in [0.15, 0.2) is 0 Å². The van der Waals surface area contributed by atoms with Gasteiger partial charge in [-0.1, -0.05) is 33.6 Å². The van der Waals surface area contributed by atoms with Crippen LogP contribution in [0.2, 0.25) is 0 Å². The predicted octanol–water partition coefficient (Wildman–Crippen LogP) is 2.23. The van der Waals surface area contributed by atoms with Gasteiger partial charge in [0.25, 0.3) is 0 Å². The molecule has 1 saturated carbocycles. The van der Waals surface area contributed by atoms with E-state index in [1.165, 1.54) is 6.42 Å². The number of hydrogen-bond donors (Lipinski definition) is 3. The van der Waals surface area contributed by atoms with E-state index in [-0.39, 0.29) is 6.04 Å². The summed E-state index contributed by atoms with van der Waals surface area (Å²) in [5.41, 5.74) is 0.891. The lowest BCUT2D eigenvalue weighted by molar-refractivity contribution is 0.227. The Morgan fingerprint density at radius 2 is 2.10 bits per heavy atom. The van der Waals surface area contributed by atoms with Crippen molar-refractivity contribution in [1.29, 1.82) is 0 Å². The summed E-state index contributed by atoms with van der Waals surface area (Å²) in [6, 6.07) is 1.76. The van der Waals surface area contributed by atoms with E-state index in [0.29, 0.717) is 23.3 Å². The highest BCUT2D eigenvalue weighted by atomic mass is 32.2. The molecule has 5 nitrogen and oxygen atoms in total. The largest absolute Gasteiger partial charge is 0.363 e. The van der Waals surface area contributed by atoms with Crippen LogP contribution in [-0.2, 0) is 16.6 Å². The zero-order chi connectivity index (χ0) is 15.5. The highest BCUT2D eigenvalue weighted by Crippen LogP contribution is 2.30. The van der Waals surface area contributed by atoms with Gasteiger partial charge in [0.2, 0.25) is 10.0 Å². The molecule has 3 atom stereocenters. The van der Waals surface area contributed by atoms with Crippen molar-refractivity contribution in [2.45, 2.75) is 57.5 Å². The van der Waals surface area contributed by atoms with E-state index >= 15 is 0 Å². The van der Waals surface area contributed by atoms with Gasteiger partial charge in [-0.3, -0.25) is 0 Å². The Hall–Kier alpha value is -0.850. The van der Waals surface area contributed by atoms with E-state index in [1.54, 1.807) is 12.3 Å². The fourth-order valence-electron chi connectivity index (χ4n) is 2.95. The molecule has 3 unspecified atom stereocenters. The summed E-state index contributed by atoms with van der Waals surface area (Å²) in [5, 5.41) is 3.18. The van der Waals surface area contributed by atoms with E-state index in [4.69, 9.17) is 0 Å². The molecular weight excluding hydrogens is 286 g/mol. The monoisotopic (exact) mass is 313 g/mol. The summed E-state index contributed by atoms with van der Waals surface area (Å²) in [7, 11) is -3.43. The van der Waals surface area contributed by atoms with Crippen molar-refractivity contribution < 1.29 is 8.42 Å². The van der Waals surface area contributed by atoms with Crippen molar-refractivity contribution >= 4 is 10.0 Å². The fourth-order valence-corrected chi connectivity index (χ4v) is 4.33. The Bertz CT molecular complexity index is 553. The molecule has 1 aromatic heterocycles. The molecule has 1 fully saturated rings. The normalized spacial score (nSPS) is 26.9. The number of hydrogen-bond acceptors (Lipinski definition) is 3. The number of sulfonamides is 1. The van der Waals surface area contributed by atoms with E-state index < -0.39 is 10.0 Å². The van der Waals surface area contributed by atoms with Gasteiger partial charge in [-0.05, 0) is 30.9 Å². The Labute approximate surface area is 128 Å². The van der Waals surface area contributed by atoms with Gasteiger partial charge in [0, 0.05) is 24.5 Å². The number of aromatic nitrogens is 1. The number of rotatable bonds is 6. The summed E-state index contributed by atoms with van der Waals surface area (Å²) in [6.45, 7) is 7.88. The van der Waals surface area contributed by atoms with Gasteiger partial charge >= 0.3 is 0 Å². The van der Waals surface area contributed by atoms with Crippen LogP contribution < -0.4 is 10.0 Å². The molecule has 0 amide bonds. The van der Waals surface area contributed by atoms with E-state index in [1.807, 2.05) is 6.92 Å². The van der Waals surface area contributed by atoms with Crippen molar-refractivity contribution in [2.75, 3.05) is 6.54 Å². The van der Waals surface area contributed by atoms with Crippen LogP contribution in [0.3, 0.4) is 0 Å². The first kappa shape index (κ1) is 16.5. The molecule has 2 rings (SSSR count). The third-order valence-corrected chi connectivity index (χ3v) is 6.07. The second kappa shape index (κ2) is 6.94. The molecule has 1 aromatic rings. The van der Waals surface area contributed by atoms with Crippen molar-refractivity contribution in [3.63, 3.8) is 0 Å². The Morgan fingerprint density at radius 1 is 1.33 bits per heavy atom. The molecule has 1 aliphatic rings. The summed E-state index contributed by atoms with van der Waals surface area (Å²) in [4.78, 5) is 3.36. The molecule has 0 spiro atoms. The molecule has 0 radical (unpaired) electrons. The average Bonchev–Trinajstić information content (AvgIpc) is 2.91. The van der Waals surface area contributed by atoms with Crippen molar-refractivity contribution in [3.05, 3.63) is 18.0 Å². The molecule has 6 heteroatoms. The van der Waals surface area contributed by atoms with E-state index in [9.17, 15) is 8.42 Å². The zero-order valence-electron chi connectivity index (χ0n) is 13.1. The Morgan fingerprint density at radius 3 is 2.81 bits per heavy atom. The molecule has 0 saturated heterocycles. The van der Waals surface area contributed by atoms with Gasteiger partial charge < -0.3 is 10.3 Å². The third kappa shape index (κ3) is 4.08. The van der Waals surface area contributed by atoms with Crippen LogP contribution >= 0.6 is 0 Å². The van der Waals surface area contributed by atoms with Gasteiger partial charge in [0.1, 0.15) is 0 Å². The quantitative estimate of drug-likeness (QED) is 0.754. The van der Waals surface area contributed by atoms with Crippen molar-refractivity contribution in [2.24, 2.45) is 11.8 Å². The first-order valence-corrected chi connectivity index (χ1v) is 9.32. The maximum atomic E-state index is 12.5. The summed E-state index contributed by atoms with van der Waals surface area (Å²) >= 11 is 0. The highest BCUT2D eigenvalue weighted by Gasteiger charge is 2.31. The van der Waals surface area contributed by atoms with Gasteiger partial charge in [0.05, 0.1) is 4.90 Å². The van der Waals surface area contributed by atoms with Crippen LogP contribution in [0.4, 0.5) is 0 Å². The van der Waals surface area contributed by atoms with Gasteiger partial charge in [-0.15, -0.1) is 0 Å². The molecular formula is C15H27N3O2S. The fraction of sp³-hybridized carbons (Fsp3) is 0.733. The molecule has 1 heterocycles. The number of H-pyrrole nitrogens is 1.